The van der Waals surface area contributed by atoms with E-state index in [1.807, 2.05) is 0 Å². The molecule has 5 heteroatoms. The van der Waals surface area contributed by atoms with E-state index in [-0.39, 0.29) is 0 Å². The van der Waals surface area contributed by atoms with Gasteiger partial charge in [-0.15, -0.1) is 0 Å². The average Bonchev–Trinajstić information content (AvgIpc) is 1.98. The Bertz CT molecular complexity index is 230. The molecule has 74 valence electrons. The molecule has 0 aliphatic rings. The minimum atomic E-state index is -1.25. The molecule has 0 saturated heterocycles. The third-order valence-corrected chi connectivity index (χ3v) is 1.22. The maximum Gasteiger partial charge on any atom is 0.328 e. The first-order valence-corrected chi connectivity index (χ1v) is 3.76. The Balaban J connectivity index is 4.18. The highest BCUT2D eigenvalue weighted by Gasteiger charge is 2.16. The zero-order chi connectivity index (χ0) is 10.4. The molecule has 0 aromatic heterocycles. The number of carbonyl (C=O) groups is 2. The summed E-state index contributed by atoms with van der Waals surface area (Å²) in [5.74, 6) is -1.76. The molecule has 0 heterocycles. The van der Waals surface area contributed by atoms with Crippen LogP contribution < -0.4 is 5.32 Å². The van der Waals surface area contributed by atoms with Crippen LogP contribution in [0.4, 0.5) is 0 Å². The molecule has 5 nitrogen and oxygen atoms in total. The van der Waals surface area contributed by atoms with E-state index in [9.17, 15) is 9.59 Å². The molecule has 1 atom stereocenters. The Hall–Kier alpha value is -1.36. The van der Waals surface area contributed by atoms with Crippen LogP contribution in [0.25, 0.3) is 0 Å². The van der Waals surface area contributed by atoms with Gasteiger partial charge in [0.05, 0.1) is 6.61 Å². The Labute approximate surface area is 76.1 Å². The number of amides is 1. The van der Waals surface area contributed by atoms with E-state index in [1.54, 1.807) is 13.8 Å². The van der Waals surface area contributed by atoms with Crippen molar-refractivity contribution in [3.8, 4) is 0 Å². The monoisotopic (exact) mass is 187 g/mol. The average molecular weight is 187 g/mol. The predicted octanol–water partition coefficient (Wildman–Crippen LogP) is -0.486. The number of allylic oxidation sites excluding steroid dienone is 1. The van der Waals surface area contributed by atoms with Gasteiger partial charge in [-0.2, -0.15) is 0 Å². The number of carboxylic acid groups (broad SMARTS) is 1. The summed E-state index contributed by atoms with van der Waals surface area (Å²) in [5, 5.41) is 19.2. The number of carboxylic acids is 1. The summed E-state index contributed by atoms with van der Waals surface area (Å²) >= 11 is 0. The number of hydrogen-bond acceptors (Lipinski definition) is 3. The van der Waals surface area contributed by atoms with Gasteiger partial charge in [-0.05, 0) is 13.8 Å². The SMILES string of the molecule is CC(C)=CC(=O)N[C@@H](CO)C(=O)O. The molecule has 0 aliphatic carbocycles. The fourth-order valence-electron chi connectivity index (χ4n) is 0.661. The van der Waals surface area contributed by atoms with Crippen molar-refractivity contribution < 1.29 is 19.8 Å². The zero-order valence-electron chi connectivity index (χ0n) is 7.57. The number of nitrogens with one attached hydrogen (secondary N) is 1. The maximum atomic E-state index is 11.0. The molecule has 0 spiro atoms. The fourth-order valence-corrected chi connectivity index (χ4v) is 0.661. The Morgan fingerprint density at radius 1 is 1.46 bits per heavy atom. The van der Waals surface area contributed by atoms with Crippen LogP contribution in [0.5, 0.6) is 0 Å². The van der Waals surface area contributed by atoms with Gasteiger partial charge >= 0.3 is 5.97 Å². The molecule has 3 N–H and O–H groups in total. The Morgan fingerprint density at radius 3 is 2.31 bits per heavy atom. The smallest absolute Gasteiger partial charge is 0.328 e. The lowest BCUT2D eigenvalue weighted by Gasteiger charge is -2.09. The highest BCUT2D eigenvalue weighted by molar-refractivity contribution is 5.91. The van der Waals surface area contributed by atoms with E-state index in [0.717, 1.165) is 5.57 Å². The first-order valence-electron chi connectivity index (χ1n) is 3.76. The number of aliphatic carboxylic acids is 1. The minimum absolute atomic E-state index is 0.513. The van der Waals surface area contributed by atoms with Gasteiger partial charge in [0.2, 0.25) is 5.91 Å². The molecule has 0 saturated carbocycles. The molecule has 0 fully saturated rings. The second kappa shape index (κ2) is 5.31. The second-order valence-electron chi connectivity index (χ2n) is 2.80. The van der Waals surface area contributed by atoms with Crippen molar-refractivity contribution in [2.45, 2.75) is 19.9 Å². The van der Waals surface area contributed by atoms with Gasteiger partial charge in [-0.1, -0.05) is 5.57 Å². The maximum absolute atomic E-state index is 11.0. The first kappa shape index (κ1) is 11.6. The molecule has 0 aromatic rings. The Kier molecular flexibility index (Phi) is 4.76. The molecule has 0 bridgehead atoms. The summed E-state index contributed by atoms with van der Waals surface area (Å²) in [6, 6.07) is -1.23. The number of carbonyl (C=O) groups excluding carboxylic acids is 1. The normalized spacial score (nSPS) is 11.6. The molecule has 13 heavy (non-hydrogen) atoms. The molecule has 1 amide bonds. The molecule has 0 unspecified atom stereocenters. The van der Waals surface area contributed by atoms with Crippen LogP contribution in [0.15, 0.2) is 11.6 Å². The van der Waals surface area contributed by atoms with Crippen LogP contribution >= 0.6 is 0 Å². The summed E-state index contributed by atoms with van der Waals surface area (Å²) in [6.45, 7) is 2.82. The summed E-state index contributed by atoms with van der Waals surface area (Å²) in [7, 11) is 0. The number of rotatable bonds is 4. The largest absolute Gasteiger partial charge is 0.480 e. The highest BCUT2D eigenvalue weighted by Crippen LogP contribution is 1.89. The Morgan fingerprint density at radius 2 is 2.00 bits per heavy atom. The molecule has 0 aromatic carbocycles. The third-order valence-electron chi connectivity index (χ3n) is 1.22. The van der Waals surface area contributed by atoms with E-state index in [2.05, 4.69) is 5.32 Å². The molecule has 0 aliphatic heterocycles. The summed E-state index contributed by atoms with van der Waals surface area (Å²) in [4.78, 5) is 21.3. The summed E-state index contributed by atoms with van der Waals surface area (Å²) in [5.41, 5.74) is 0.763. The lowest BCUT2D eigenvalue weighted by Crippen LogP contribution is -2.42. The van der Waals surface area contributed by atoms with Crippen molar-refractivity contribution in [3.05, 3.63) is 11.6 Å². The molecular formula is C8H13NO4. The second-order valence-corrected chi connectivity index (χ2v) is 2.80. The third kappa shape index (κ3) is 4.97. The van der Waals surface area contributed by atoms with Gasteiger partial charge in [0.15, 0.2) is 6.04 Å². The van der Waals surface area contributed by atoms with Gasteiger partial charge in [-0.3, -0.25) is 4.79 Å². The summed E-state index contributed by atoms with van der Waals surface area (Å²) < 4.78 is 0. The lowest BCUT2D eigenvalue weighted by atomic mass is 10.3. The van der Waals surface area contributed by atoms with Crippen molar-refractivity contribution in [2.24, 2.45) is 0 Å². The quantitative estimate of drug-likeness (QED) is 0.518. The van der Waals surface area contributed by atoms with Gasteiger partial charge in [0, 0.05) is 6.08 Å². The van der Waals surface area contributed by atoms with Gasteiger partial charge in [0.1, 0.15) is 0 Å². The van der Waals surface area contributed by atoms with Crippen LogP contribution in [0, 0.1) is 0 Å². The highest BCUT2D eigenvalue weighted by atomic mass is 16.4. The van der Waals surface area contributed by atoms with E-state index >= 15 is 0 Å². The van der Waals surface area contributed by atoms with E-state index in [4.69, 9.17) is 10.2 Å². The van der Waals surface area contributed by atoms with Crippen LogP contribution in [0.1, 0.15) is 13.8 Å². The first-order chi connectivity index (χ1) is 5.97. The number of hydrogen-bond donors (Lipinski definition) is 3. The topological polar surface area (TPSA) is 86.6 Å². The molecule has 0 radical (unpaired) electrons. The van der Waals surface area contributed by atoms with Gasteiger partial charge < -0.3 is 15.5 Å². The van der Waals surface area contributed by atoms with Crippen molar-refractivity contribution in [1.29, 1.82) is 0 Å². The van der Waals surface area contributed by atoms with Crippen molar-refractivity contribution in [3.63, 3.8) is 0 Å². The standard InChI is InChI=1S/C8H13NO4/c1-5(2)3-7(11)9-6(4-10)8(12)13/h3,6,10H,4H2,1-2H3,(H,9,11)(H,12,13)/t6-/m0/s1. The van der Waals surface area contributed by atoms with Crippen molar-refractivity contribution in [1.82, 2.24) is 5.32 Å². The lowest BCUT2D eigenvalue weighted by molar-refractivity contribution is -0.142. The number of aliphatic hydroxyl groups is 1. The van der Waals surface area contributed by atoms with E-state index < -0.39 is 24.5 Å². The number of aliphatic hydroxyl groups excluding tert-OH is 1. The fraction of sp³-hybridized carbons (Fsp3) is 0.500. The zero-order valence-corrected chi connectivity index (χ0v) is 7.57. The van der Waals surface area contributed by atoms with Gasteiger partial charge in [0.25, 0.3) is 0 Å². The van der Waals surface area contributed by atoms with Crippen LogP contribution in [-0.2, 0) is 9.59 Å². The van der Waals surface area contributed by atoms with E-state index in [1.165, 1.54) is 6.08 Å². The predicted molar refractivity (Wildman–Crippen MR) is 46.1 cm³/mol. The molecular weight excluding hydrogens is 174 g/mol. The van der Waals surface area contributed by atoms with Crippen LogP contribution in [0.3, 0.4) is 0 Å². The van der Waals surface area contributed by atoms with Crippen LogP contribution in [-0.4, -0.2) is 34.7 Å². The van der Waals surface area contributed by atoms with E-state index in [0.29, 0.717) is 0 Å². The summed E-state index contributed by atoms with van der Waals surface area (Å²) in [6.07, 6.45) is 1.27. The minimum Gasteiger partial charge on any atom is -0.480 e. The molecule has 0 rings (SSSR count). The van der Waals surface area contributed by atoms with Gasteiger partial charge in [-0.25, -0.2) is 4.79 Å². The van der Waals surface area contributed by atoms with Crippen molar-refractivity contribution >= 4 is 11.9 Å². The van der Waals surface area contributed by atoms with Crippen molar-refractivity contribution in [2.75, 3.05) is 6.61 Å². The van der Waals surface area contributed by atoms with Crippen LogP contribution in [0.2, 0.25) is 0 Å².